The van der Waals surface area contributed by atoms with Crippen molar-refractivity contribution in [3.8, 4) is 5.75 Å². The van der Waals surface area contributed by atoms with Gasteiger partial charge in [0, 0.05) is 25.5 Å². The van der Waals surface area contributed by atoms with Gasteiger partial charge in [0.1, 0.15) is 11.9 Å². The van der Waals surface area contributed by atoms with E-state index in [4.69, 9.17) is 36.4 Å². The third-order valence-electron chi connectivity index (χ3n) is 5.78. The second-order valence-electron chi connectivity index (χ2n) is 8.03. The van der Waals surface area contributed by atoms with Gasteiger partial charge in [0.15, 0.2) is 23.7 Å². The normalized spacial score (nSPS) is 25.9. The Morgan fingerprint density at radius 2 is 2.15 bits per heavy atom. The highest BCUT2D eigenvalue weighted by atomic mass is 35.5. The molecule has 2 aliphatic heterocycles. The number of carbonyl (C=O) groups is 3. The Kier molecular flexibility index (Phi) is 6.42. The fourth-order valence-corrected chi connectivity index (χ4v) is 4.15. The summed E-state index contributed by atoms with van der Waals surface area (Å²) in [4.78, 5) is 41.9. The van der Waals surface area contributed by atoms with Gasteiger partial charge in [-0.15, -0.1) is 0 Å². The van der Waals surface area contributed by atoms with Crippen LogP contribution in [0.3, 0.4) is 0 Å². The van der Waals surface area contributed by atoms with E-state index in [1.807, 2.05) is 0 Å². The second kappa shape index (κ2) is 9.12. The number of allylic oxidation sites excluding steroid dienone is 1. The molecular formula is C22H23ClN2O8. The highest BCUT2D eigenvalue weighted by Crippen LogP contribution is 2.47. The number of nitrogens with zero attached hydrogens (tertiary/aromatic N) is 1. The van der Waals surface area contributed by atoms with Crippen LogP contribution in [0.5, 0.6) is 5.75 Å². The number of amidine groups is 1. The SMILES string of the molecule is CC(OC1CCCCO1)/C(N)=N/OC(=O)c1ccc2c(c1Cl)O[C@]1(CCC(=O)C=C1O)C2=O. The molecule has 0 saturated carbocycles. The van der Waals surface area contributed by atoms with Crippen LogP contribution in [0, 0.1) is 0 Å². The Hall–Kier alpha value is -2.95. The van der Waals surface area contributed by atoms with Crippen LogP contribution in [0.25, 0.3) is 0 Å². The Morgan fingerprint density at radius 3 is 2.85 bits per heavy atom. The quantitative estimate of drug-likeness (QED) is 0.282. The monoisotopic (exact) mass is 478 g/mol. The molecule has 10 nitrogen and oxygen atoms in total. The van der Waals surface area contributed by atoms with Gasteiger partial charge in [-0.2, -0.15) is 0 Å². The number of oxime groups is 1. The van der Waals surface area contributed by atoms with Crippen LogP contribution in [0.2, 0.25) is 5.02 Å². The Bertz CT molecular complexity index is 1060. The molecule has 11 heteroatoms. The minimum Gasteiger partial charge on any atom is -0.507 e. The molecule has 1 fully saturated rings. The molecule has 3 atom stereocenters. The average molecular weight is 479 g/mol. The van der Waals surface area contributed by atoms with Crippen LogP contribution in [-0.4, -0.2) is 53.1 Å². The zero-order valence-corrected chi connectivity index (χ0v) is 18.6. The summed E-state index contributed by atoms with van der Waals surface area (Å²) in [6.07, 6.45) is 2.60. The molecule has 33 heavy (non-hydrogen) atoms. The molecule has 2 heterocycles. The average Bonchev–Trinajstić information content (AvgIpc) is 3.09. The van der Waals surface area contributed by atoms with Crippen LogP contribution in [-0.2, 0) is 19.1 Å². The Morgan fingerprint density at radius 1 is 1.36 bits per heavy atom. The molecule has 1 aromatic carbocycles. The number of nitrogens with two attached hydrogens (primary N) is 1. The van der Waals surface area contributed by atoms with Crippen LogP contribution in [0.4, 0.5) is 0 Å². The highest BCUT2D eigenvalue weighted by Gasteiger charge is 2.54. The van der Waals surface area contributed by atoms with E-state index >= 15 is 0 Å². The molecule has 2 unspecified atom stereocenters. The minimum atomic E-state index is -1.72. The van der Waals surface area contributed by atoms with Crippen LogP contribution in [0.15, 0.2) is 29.1 Å². The number of aliphatic hydroxyl groups is 1. The maximum Gasteiger partial charge on any atom is 0.367 e. The minimum absolute atomic E-state index is 0.0243. The molecule has 0 aromatic heterocycles. The number of Topliss-reactive ketones (excluding diaryl/α,β-unsaturated/α-hetero) is 1. The lowest BCUT2D eigenvalue weighted by Crippen LogP contribution is -2.44. The molecule has 176 valence electrons. The van der Waals surface area contributed by atoms with Crippen molar-refractivity contribution < 1.29 is 38.5 Å². The number of benzene rings is 1. The van der Waals surface area contributed by atoms with Gasteiger partial charge < -0.3 is 29.9 Å². The summed E-state index contributed by atoms with van der Waals surface area (Å²) >= 11 is 6.33. The van der Waals surface area contributed by atoms with Gasteiger partial charge in [0.05, 0.1) is 16.1 Å². The highest BCUT2D eigenvalue weighted by molar-refractivity contribution is 6.36. The molecule has 1 spiro atoms. The number of ketones is 2. The number of aliphatic hydroxyl groups excluding tert-OH is 1. The van der Waals surface area contributed by atoms with E-state index in [1.165, 1.54) is 12.1 Å². The van der Waals surface area contributed by atoms with Gasteiger partial charge in [-0.3, -0.25) is 9.59 Å². The lowest BCUT2D eigenvalue weighted by Gasteiger charge is -2.28. The summed E-state index contributed by atoms with van der Waals surface area (Å²) in [6.45, 7) is 2.26. The van der Waals surface area contributed by atoms with Gasteiger partial charge >= 0.3 is 5.97 Å². The topological polar surface area (TPSA) is 147 Å². The number of hydrogen-bond acceptors (Lipinski definition) is 9. The Labute approximate surface area is 194 Å². The summed E-state index contributed by atoms with van der Waals surface area (Å²) in [5.41, 5.74) is 4.10. The van der Waals surface area contributed by atoms with Crippen LogP contribution < -0.4 is 10.5 Å². The van der Waals surface area contributed by atoms with E-state index in [2.05, 4.69) is 5.16 Å². The van der Waals surface area contributed by atoms with E-state index in [9.17, 15) is 19.5 Å². The number of halogens is 1. The smallest absolute Gasteiger partial charge is 0.367 e. The molecule has 0 amide bonds. The molecule has 0 radical (unpaired) electrons. The maximum atomic E-state index is 12.9. The summed E-state index contributed by atoms with van der Waals surface area (Å²) < 4.78 is 16.9. The third kappa shape index (κ3) is 4.33. The largest absolute Gasteiger partial charge is 0.507 e. The molecule has 3 aliphatic rings. The van der Waals surface area contributed by atoms with Gasteiger partial charge in [-0.25, -0.2) is 4.79 Å². The predicted octanol–water partition coefficient (Wildman–Crippen LogP) is 2.82. The number of ether oxygens (including phenoxy) is 3. The fourth-order valence-electron chi connectivity index (χ4n) is 3.87. The fraction of sp³-hybridized carbons (Fsp3) is 0.455. The summed E-state index contributed by atoms with van der Waals surface area (Å²) in [5, 5.41) is 13.7. The third-order valence-corrected chi connectivity index (χ3v) is 6.16. The number of carbonyl (C=O) groups excluding carboxylic acids is 3. The van der Waals surface area contributed by atoms with E-state index < -0.39 is 35.5 Å². The maximum absolute atomic E-state index is 12.9. The molecular weight excluding hydrogens is 456 g/mol. The zero-order chi connectivity index (χ0) is 23.8. The first kappa shape index (κ1) is 23.2. The number of hydrogen-bond donors (Lipinski definition) is 2. The number of rotatable bonds is 5. The van der Waals surface area contributed by atoms with Crippen molar-refractivity contribution in [1.29, 1.82) is 0 Å². The summed E-state index contributed by atoms with van der Waals surface area (Å²) in [7, 11) is 0. The molecule has 3 N–H and O–H groups in total. The zero-order valence-electron chi connectivity index (χ0n) is 17.8. The number of fused-ring (bicyclic) bond motifs is 1. The van der Waals surface area contributed by atoms with Crippen molar-refractivity contribution in [3.63, 3.8) is 0 Å². The van der Waals surface area contributed by atoms with Gasteiger partial charge in [-0.1, -0.05) is 16.8 Å². The van der Waals surface area contributed by atoms with Crippen LogP contribution in [0.1, 0.15) is 59.7 Å². The van der Waals surface area contributed by atoms with Gasteiger partial charge in [-0.05, 0) is 38.3 Å². The molecule has 1 saturated heterocycles. The summed E-state index contributed by atoms with van der Waals surface area (Å²) in [5.74, 6) is -2.42. The van der Waals surface area contributed by atoms with Crippen molar-refractivity contribution >= 4 is 35.0 Å². The molecule has 0 bridgehead atoms. The van der Waals surface area contributed by atoms with E-state index in [1.54, 1.807) is 6.92 Å². The van der Waals surface area contributed by atoms with Crippen molar-refractivity contribution in [2.24, 2.45) is 10.9 Å². The van der Waals surface area contributed by atoms with Crippen molar-refractivity contribution in [2.75, 3.05) is 6.61 Å². The first-order valence-electron chi connectivity index (χ1n) is 10.5. The van der Waals surface area contributed by atoms with Crippen molar-refractivity contribution in [2.45, 2.75) is 57.0 Å². The predicted molar refractivity (Wildman–Crippen MR) is 115 cm³/mol. The van der Waals surface area contributed by atoms with Crippen molar-refractivity contribution in [1.82, 2.24) is 0 Å². The van der Waals surface area contributed by atoms with Crippen LogP contribution >= 0.6 is 11.6 Å². The van der Waals surface area contributed by atoms with Gasteiger partial charge in [0.2, 0.25) is 11.4 Å². The van der Waals surface area contributed by atoms with E-state index in [0.29, 0.717) is 6.61 Å². The molecule has 1 aromatic rings. The summed E-state index contributed by atoms with van der Waals surface area (Å²) in [6, 6.07) is 2.64. The Balaban J connectivity index is 1.48. The van der Waals surface area contributed by atoms with Gasteiger partial charge in [0.25, 0.3) is 0 Å². The molecule has 1 aliphatic carbocycles. The standard InChI is InChI=1S/C22H23ClN2O8/c1-11(31-16-4-2-3-9-30-16)20(24)25-33-21(29)13-5-6-14-18(17(13)23)32-22(19(14)28)8-7-12(26)10-15(22)27/h5-6,10-11,16,27H,2-4,7-9H2,1H3,(H2,24,25)/t11?,16?,22-/m0/s1. The van der Waals surface area contributed by atoms with E-state index in [-0.39, 0.29) is 46.4 Å². The second-order valence-corrected chi connectivity index (χ2v) is 8.41. The lowest BCUT2D eigenvalue weighted by molar-refractivity contribution is -0.171. The molecule has 4 rings (SSSR count). The first-order valence-corrected chi connectivity index (χ1v) is 10.9. The first-order chi connectivity index (χ1) is 15.7. The van der Waals surface area contributed by atoms with E-state index in [0.717, 1.165) is 25.3 Å². The van der Waals surface area contributed by atoms with Crippen molar-refractivity contribution in [3.05, 3.63) is 40.1 Å². The lowest BCUT2D eigenvalue weighted by atomic mass is 9.84.